The van der Waals surface area contributed by atoms with Crippen molar-refractivity contribution in [2.45, 2.75) is 12.0 Å². The fourth-order valence-corrected chi connectivity index (χ4v) is 4.09. The third-order valence-electron chi connectivity index (χ3n) is 4.45. The third kappa shape index (κ3) is 2.30. The van der Waals surface area contributed by atoms with E-state index < -0.39 is 5.60 Å². The highest BCUT2D eigenvalue weighted by molar-refractivity contribution is 7.10. The van der Waals surface area contributed by atoms with Gasteiger partial charge in [-0.1, -0.05) is 42.5 Å². The third-order valence-corrected chi connectivity index (χ3v) is 5.48. The van der Waals surface area contributed by atoms with Gasteiger partial charge in [0.2, 0.25) is 5.91 Å². The summed E-state index contributed by atoms with van der Waals surface area (Å²) in [5, 5.41) is 7.00. The number of ether oxygens (including phenoxy) is 1. The highest BCUT2D eigenvalue weighted by Crippen LogP contribution is 2.57. The van der Waals surface area contributed by atoms with Crippen molar-refractivity contribution in [3.05, 3.63) is 64.9 Å². The number of carbonyl (C=O) groups is 1. The van der Waals surface area contributed by atoms with E-state index in [-0.39, 0.29) is 11.8 Å². The van der Waals surface area contributed by atoms with Crippen molar-refractivity contribution in [3.63, 3.8) is 0 Å². The van der Waals surface area contributed by atoms with Crippen molar-refractivity contribution in [2.24, 2.45) is 5.92 Å². The molecule has 0 unspecified atom stereocenters. The molecule has 0 saturated heterocycles. The fourth-order valence-electron chi connectivity index (χ4n) is 3.16. The molecule has 1 fully saturated rings. The van der Waals surface area contributed by atoms with Crippen LogP contribution in [0.1, 0.15) is 11.3 Å². The molecule has 0 radical (unpaired) electrons. The van der Waals surface area contributed by atoms with E-state index in [1.165, 1.54) is 0 Å². The Hall–Kier alpha value is -2.33. The summed E-state index contributed by atoms with van der Waals surface area (Å²) in [6, 6.07) is 18.3. The molecule has 3 nitrogen and oxygen atoms in total. The van der Waals surface area contributed by atoms with Gasteiger partial charge in [-0.05, 0) is 22.9 Å². The molecule has 1 N–H and O–H groups in total. The first kappa shape index (κ1) is 14.3. The van der Waals surface area contributed by atoms with Crippen LogP contribution < -0.4 is 10.1 Å². The van der Waals surface area contributed by atoms with E-state index in [1.807, 2.05) is 35.7 Å². The number of fused-ring (bicyclic) bond motifs is 1. The van der Waals surface area contributed by atoms with Crippen LogP contribution in [0.25, 0.3) is 10.8 Å². The van der Waals surface area contributed by atoms with E-state index in [1.54, 1.807) is 18.4 Å². The molecule has 0 spiro atoms. The van der Waals surface area contributed by atoms with Crippen LogP contribution >= 0.6 is 11.3 Å². The van der Waals surface area contributed by atoms with Gasteiger partial charge in [0.15, 0.2) is 5.60 Å². The molecule has 2 aromatic carbocycles. The second kappa shape index (κ2) is 5.39. The maximum absolute atomic E-state index is 12.2. The van der Waals surface area contributed by atoms with Crippen LogP contribution in [0, 0.1) is 5.92 Å². The average molecular weight is 323 g/mol. The van der Waals surface area contributed by atoms with E-state index in [0.717, 1.165) is 27.8 Å². The monoisotopic (exact) mass is 323 g/mol. The summed E-state index contributed by atoms with van der Waals surface area (Å²) in [5.74, 6) is 0.742. The summed E-state index contributed by atoms with van der Waals surface area (Å²) >= 11 is 1.64. The second-order valence-electron chi connectivity index (χ2n) is 5.82. The lowest BCUT2D eigenvalue weighted by molar-refractivity contribution is -0.123. The van der Waals surface area contributed by atoms with Crippen molar-refractivity contribution in [3.8, 4) is 5.75 Å². The van der Waals surface area contributed by atoms with E-state index in [9.17, 15) is 4.79 Å². The number of carbonyl (C=O) groups excluding carboxylic acids is 1. The predicted octanol–water partition coefficient (Wildman–Crippen LogP) is 3.94. The van der Waals surface area contributed by atoms with Gasteiger partial charge >= 0.3 is 0 Å². The SMILES string of the molecule is CNC(=O)[C@@H]1C[C@@]1(Oc1cccc2ccccc12)c1cccs1. The average Bonchev–Trinajstić information content (AvgIpc) is 3.05. The standard InChI is InChI=1S/C19H17NO2S/c1-20-18(21)15-12-19(15,17-10-5-11-23-17)22-16-9-4-7-13-6-2-3-8-14(13)16/h2-11,15H,12H2,1H3,(H,20,21)/t15-,19-/m0/s1. The maximum atomic E-state index is 12.2. The Morgan fingerprint density at radius 3 is 2.78 bits per heavy atom. The Morgan fingerprint density at radius 2 is 2.00 bits per heavy atom. The molecule has 3 aromatic rings. The first-order valence-corrected chi connectivity index (χ1v) is 8.55. The van der Waals surface area contributed by atoms with Crippen molar-refractivity contribution < 1.29 is 9.53 Å². The first-order chi connectivity index (χ1) is 11.2. The highest BCUT2D eigenvalue weighted by Gasteiger charge is 2.63. The molecule has 23 heavy (non-hydrogen) atoms. The number of amides is 1. The molecule has 1 aliphatic rings. The smallest absolute Gasteiger partial charge is 0.227 e. The molecular formula is C19H17NO2S. The van der Waals surface area contributed by atoms with Gasteiger partial charge in [0.25, 0.3) is 0 Å². The molecular weight excluding hydrogens is 306 g/mol. The fraction of sp³-hybridized carbons (Fsp3) is 0.211. The summed E-state index contributed by atoms with van der Waals surface area (Å²) in [4.78, 5) is 13.3. The van der Waals surface area contributed by atoms with Gasteiger partial charge in [0, 0.05) is 23.7 Å². The zero-order valence-corrected chi connectivity index (χ0v) is 13.6. The Kier molecular flexibility index (Phi) is 3.34. The maximum Gasteiger partial charge on any atom is 0.227 e. The number of nitrogens with one attached hydrogen (secondary N) is 1. The van der Waals surface area contributed by atoms with Crippen LogP contribution in [-0.2, 0) is 10.4 Å². The van der Waals surface area contributed by atoms with Gasteiger partial charge in [0.1, 0.15) is 5.75 Å². The van der Waals surface area contributed by atoms with Gasteiger partial charge in [-0.3, -0.25) is 4.79 Å². The molecule has 1 saturated carbocycles. The number of benzene rings is 2. The molecule has 1 amide bonds. The lowest BCUT2D eigenvalue weighted by Crippen LogP contribution is -2.28. The zero-order valence-electron chi connectivity index (χ0n) is 12.8. The highest BCUT2D eigenvalue weighted by atomic mass is 32.1. The molecule has 1 heterocycles. The Balaban J connectivity index is 1.76. The number of rotatable bonds is 4. The van der Waals surface area contributed by atoms with E-state index in [0.29, 0.717) is 0 Å². The molecule has 2 atom stereocenters. The van der Waals surface area contributed by atoms with Gasteiger partial charge in [-0.2, -0.15) is 0 Å². The van der Waals surface area contributed by atoms with Crippen LogP contribution in [0.15, 0.2) is 60.0 Å². The van der Waals surface area contributed by atoms with Crippen LogP contribution in [-0.4, -0.2) is 13.0 Å². The van der Waals surface area contributed by atoms with Crippen LogP contribution in [0.3, 0.4) is 0 Å². The normalized spacial score (nSPS) is 22.7. The van der Waals surface area contributed by atoms with E-state index in [2.05, 4.69) is 29.6 Å². The van der Waals surface area contributed by atoms with Crippen molar-refractivity contribution in [1.29, 1.82) is 0 Å². The van der Waals surface area contributed by atoms with Gasteiger partial charge < -0.3 is 10.1 Å². The largest absolute Gasteiger partial charge is 0.480 e. The summed E-state index contributed by atoms with van der Waals surface area (Å²) < 4.78 is 6.46. The van der Waals surface area contributed by atoms with Gasteiger partial charge in [-0.15, -0.1) is 11.3 Å². The summed E-state index contributed by atoms with van der Waals surface area (Å²) in [6.45, 7) is 0. The molecule has 0 aliphatic heterocycles. The van der Waals surface area contributed by atoms with E-state index >= 15 is 0 Å². The minimum Gasteiger partial charge on any atom is -0.480 e. The molecule has 4 rings (SSSR count). The minimum atomic E-state index is -0.529. The molecule has 4 heteroatoms. The van der Waals surface area contributed by atoms with Crippen molar-refractivity contribution in [1.82, 2.24) is 5.32 Å². The predicted molar refractivity (Wildman–Crippen MR) is 92.7 cm³/mol. The second-order valence-corrected chi connectivity index (χ2v) is 6.76. The Labute approximate surface area is 138 Å². The van der Waals surface area contributed by atoms with Crippen LogP contribution in [0.4, 0.5) is 0 Å². The van der Waals surface area contributed by atoms with Crippen molar-refractivity contribution >= 4 is 28.0 Å². The lowest BCUT2D eigenvalue weighted by atomic mass is 10.1. The Morgan fingerprint density at radius 1 is 1.17 bits per heavy atom. The van der Waals surface area contributed by atoms with Crippen LogP contribution in [0.2, 0.25) is 0 Å². The van der Waals surface area contributed by atoms with Gasteiger partial charge in [-0.25, -0.2) is 0 Å². The molecule has 1 aromatic heterocycles. The van der Waals surface area contributed by atoms with Gasteiger partial charge in [0.05, 0.1) is 5.92 Å². The number of hydrogen-bond donors (Lipinski definition) is 1. The number of thiophene rings is 1. The van der Waals surface area contributed by atoms with Crippen LogP contribution in [0.5, 0.6) is 5.75 Å². The summed E-state index contributed by atoms with van der Waals surface area (Å²) in [6.07, 6.45) is 0.719. The Bertz CT molecular complexity index is 853. The summed E-state index contributed by atoms with van der Waals surface area (Å²) in [5.41, 5.74) is -0.529. The topological polar surface area (TPSA) is 38.3 Å². The van der Waals surface area contributed by atoms with E-state index in [4.69, 9.17) is 4.74 Å². The molecule has 1 aliphatic carbocycles. The number of hydrogen-bond acceptors (Lipinski definition) is 3. The molecule has 0 bridgehead atoms. The quantitative estimate of drug-likeness (QED) is 0.790. The van der Waals surface area contributed by atoms with Crippen molar-refractivity contribution in [2.75, 3.05) is 7.05 Å². The summed E-state index contributed by atoms with van der Waals surface area (Å²) in [7, 11) is 1.68. The lowest BCUT2D eigenvalue weighted by Gasteiger charge is -2.20. The zero-order chi connectivity index (χ0) is 15.9. The molecule has 116 valence electrons. The first-order valence-electron chi connectivity index (χ1n) is 7.67. The minimum absolute atomic E-state index is 0.0404.